The molecule has 1 atom stereocenters. The molecule has 0 bridgehead atoms. The summed E-state index contributed by atoms with van der Waals surface area (Å²) >= 11 is 0. The fourth-order valence-corrected chi connectivity index (χ4v) is 3.08. The maximum Gasteiger partial charge on any atom is 0.240 e. The fourth-order valence-electron chi connectivity index (χ4n) is 3.08. The molecule has 5 nitrogen and oxygen atoms in total. The minimum absolute atomic E-state index is 0.645. The molecule has 1 saturated carbocycles. The third-order valence-corrected chi connectivity index (χ3v) is 4.48. The van der Waals surface area contributed by atoms with Gasteiger partial charge in [0.25, 0.3) is 0 Å². The molecule has 2 heterocycles. The molecule has 0 amide bonds. The van der Waals surface area contributed by atoms with Crippen LogP contribution in [0, 0.1) is 5.92 Å². The lowest BCUT2D eigenvalue weighted by Crippen LogP contribution is -2.38. The number of nitrogens with one attached hydrogen (secondary N) is 1. The Labute approximate surface area is 127 Å². The van der Waals surface area contributed by atoms with Crippen molar-refractivity contribution >= 4 is 0 Å². The summed E-state index contributed by atoms with van der Waals surface area (Å²) in [6, 6.07) is 0.645. The lowest BCUT2D eigenvalue weighted by atomic mass is 10.2. The van der Waals surface area contributed by atoms with Crippen LogP contribution in [0.1, 0.15) is 57.2 Å². The number of nitrogens with zero attached hydrogens (tertiary/aromatic N) is 3. The van der Waals surface area contributed by atoms with Crippen molar-refractivity contribution in [3.05, 3.63) is 11.7 Å². The largest absolute Gasteiger partial charge is 0.338 e. The van der Waals surface area contributed by atoms with Crippen LogP contribution in [0.2, 0.25) is 0 Å². The first-order valence-electron chi connectivity index (χ1n) is 8.60. The topological polar surface area (TPSA) is 54.2 Å². The quantitative estimate of drug-likeness (QED) is 0.757. The molecule has 118 valence electrons. The van der Waals surface area contributed by atoms with Gasteiger partial charge in [-0.3, -0.25) is 4.90 Å². The van der Waals surface area contributed by atoms with Gasteiger partial charge in [-0.1, -0.05) is 18.5 Å². The maximum absolute atomic E-state index is 5.44. The van der Waals surface area contributed by atoms with Gasteiger partial charge in [-0.15, -0.1) is 0 Å². The molecule has 1 aliphatic carbocycles. The van der Waals surface area contributed by atoms with Gasteiger partial charge in [0.1, 0.15) is 0 Å². The monoisotopic (exact) mass is 292 g/mol. The van der Waals surface area contributed by atoms with Crippen LogP contribution in [0.3, 0.4) is 0 Å². The average Bonchev–Trinajstić information content (AvgIpc) is 2.97. The second-order valence-electron chi connectivity index (χ2n) is 6.64. The maximum atomic E-state index is 5.44. The van der Waals surface area contributed by atoms with E-state index in [-0.39, 0.29) is 0 Å². The predicted molar refractivity (Wildman–Crippen MR) is 81.9 cm³/mol. The van der Waals surface area contributed by atoms with E-state index in [4.69, 9.17) is 4.52 Å². The molecule has 0 radical (unpaired) electrons. The highest BCUT2D eigenvalue weighted by Crippen LogP contribution is 2.30. The van der Waals surface area contributed by atoms with Crippen molar-refractivity contribution in [1.29, 1.82) is 0 Å². The summed E-state index contributed by atoms with van der Waals surface area (Å²) < 4.78 is 5.44. The number of hydrogen-bond acceptors (Lipinski definition) is 5. The van der Waals surface area contributed by atoms with Crippen LogP contribution in [0.4, 0.5) is 0 Å². The lowest BCUT2D eigenvalue weighted by molar-refractivity contribution is 0.202. The molecule has 5 heteroatoms. The summed E-state index contributed by atoms with van der Waals surface area (Å²) in [7, 11) is 0. The Bertz CT molecular complexity index is 424. The van der Waals surface area contributed by atoms with Crippen LogP contribution in [-0.4, -0.2) is 40.7 Å². The fraction of sp³-hybridized carbons (Fsp3) is 0.875. The van der Waals surface area contributed by atoms with Crippen LogP contribution in [0.15, 0.2) is 4.52 Å². The zero-order chi connectivity index (χ0) is 14.5. The van der Waals surface area contributed by atoms with Gasteiger partial charge in [0, 0.05) is 25.6 Å². The summed E-state index contributed by atoms with van der Waals surface area (Å²) in [5, 5.41) is 7.70. The number of aromatic nitrogens is 2. The molecule has 2 aliphatic rings. The normalized spacial score (nSPS) is 22.3. The van der Waals surface area contributed by atoms with E-state index in [1.807, 2.05) is 0 Å². The van der Waals surface area contributed by atoms with E-state index in [0.29, 0.717) is 6.04 Å². The highest BCUT2D eigenvalue weighted by Gasteiger charge is 2.27. The molecule has 1 aromatic heterocycles. The number of hydrogen-bond donors (Lipinski definition) is 1. The molecule has 1 unspecified atom stereocenters. The van der Waals surface area contributed by atoms with Gasteiger partial charge in [-0.05, 0) is 44.6 Å². The minimum atomic E-state index is 0.645. The average molecular weight is 292 g/mol. The van der Waals surface area contributed by atoms with Gasteiger partial charge < -0.3 is 9.84 Å². The van der Waals surface area contributed by atoms with E-state index in [1.54, 1.807) is 0 Å². The molecule has 1 N–H and O–H groups in total. The lowest BCUT2D eigenvalue weighted by Gasteiger charge is -2.24. The molecule has 1 aliphatic heterocycles. The summed E-state index contributed by atoms with van der Waals surface area (Å²) in [5.41, 5.74) is 0. The molecule has 2 fully saturated rings. The minimum Gasteiger partial charge on any atom is -0.338 e. The van der Waals surface area contributed by atoms with E-state index in [9.17, 15) is 0 Å². The van der Waals surface area contributed by atoms with Crippen molar-refractivity contribution in [2.75, 3.05) is 19.6 Å². The third-order valence-electron chi connectivity index (χ3n) is 4.48. The summed E-state index contributed by atoms with van der Waals surface area (Å²) in [6.45, 7) is 6.47. The van der Waals surface area contributed by atoms with Gasteiger partial charge >= 0.3 is 0 Å². The number of unbranched alkanes of at least 4 members (excludes halogenated alkanes) is 1. The van der Waals surface area contributed by atoms with Crippen molar-refractivity contribution in [2.45, 2.75) is 64.5 Å². The Morgan fingerprint density at radius 2 is 2.19 bits per heavy atom. The van der Waals surface area contributed by atoms with Crippen molar-refractivity contribution in [3.63, 3.8) is 0 Å². The highest BCUT2D eigenvalue weighted by molar-refractivity contribution is 4.89. The van der Waals surface area contributed by atoms with Crippen LogP contribution >= 0.6 is 0 Å². The molecule has 1 saturated heterocycles. The Hall–Kier alpha value is -0.940. The second kappa shape index (κ2) is 7.36. The highest BCUT2D eigenvalue weighted by atomic mass is 16.5. The van der Waals surface area contributed by atoms with Gasteiger partial charge in [-0.25, -0.2) is 0 Å². The smallest absolute Gasteiger partial charge is 0.240 e. The van der Waals surface area contributed by atoms with Crippen molar-refractivity contribution in [3.8, 4) is 0 Å². The van der Waals surface area contributed by atoms with E-state index in [1.165, 1.54) is 45.2 Å². The predicted octanol–water partition coefficient (Wildman–Crippen LogP) is 2.38. The van der Waals surface area contributed by atoms with Gasteiger partial charge in [0.2, 0.25) is 5.89 Å². The first kappa shape index (κ1) is 15.0. The van der Waals surface area contributed by atoms with E-state index in [0.717, 1.165) is 43.6 Å². The van der Waals surface area contributed by atoms with Gasteiger partial charge in [0.15, 0.2) is 5.82 Å². The summed E-state index contributed by atoms with van der Waals surface area (Å²) in [4.78, 5) is 7.06. The molecule has 21 heavy (non-hydrogen) atoms. The van der Waals surface area contributed by atoms with Crippen molar-refractivity contribution < 1.29 is 4.52 Å². The molecular weight excluding hydrogens is 264 g/mol. The molecule has 0 spiro atoms. The Kier molecular flexibility index (Phi) is 5.25. The number of rotatable bonds is 9. The standard InChI is InChI=1S/C16H28N4O/c1-2-3-6-15-18-16(21-19-15)12-20(10-13-7-8-13)11-14-5-4-9-17-14/h13-14,17H,2-12H2,1H3. The van der Waals surface area contributed by atoms with E-state index >= 15 is 0 Å². The third kappa shape index (κ3) is 4.78. The van der Waals surface area contributed by atoms with Crippen LogP contribution in [-0.2, 0) is 13.0 Å². The first-order chi connectivity index (χ1) is 10.3. The van der Waals surface area contributed by atoms with Crippen LogP contribution < -0.4 is 5.32 Å². The Morgan fingerprint density at radius 3 is 2.90 bits per heavy atom. The zero-order valence-corrected chi connectivity index (χ0v) is 13.2. The second-order valence-corrected chi connectivity index (χ2v) is 6.64. The van der Waals surface area contributed by atoms with Gasteiger partial charge in [0.05, 0.1) is 6.54 Å². The SMILES string of the molecule is CCCCc1noc(CN(CC2CC2)CC2CCCN2)n1. The summed E-state index contributed by atoms with van der Waals surface area (Å²) in [5.74, 6) is 2.56. The van der Waals surface area contributed by atoms with Gasteiger partial charge in [-0.2, -0.15) is 4.98 Å². The molecule has 0 aromatic carbocycles. The Balaban J connectivity index is 1.53. The molecule has 3 rings (SSSR count). The number of aryl methyl sites for hydroxylation is 1. The Morgan fingerprint density at radius 1 is 1.29 bits per heavy atom. The van der Waals surface area contributed by atoms with Crippen LogP contribution in [0.5, 0.6) is 0 Å². The van der Waals surface area contributed by atoms with Crippen LogP contribution in [0.25, 0.3) is 0 Å². The summed E-state index contributed by atoms with van der Waals surface area (Å²) in [6.07, 6.45) is 8.63. The molecule has 1 aromatic rings. The van der Waals surface area contributed by atoms with Crippen molar-refractivity contribution in [2.24, 2.45) is 5.92 Å². The first-order valence-corrected chi connectivity index (χ1v) is 8.60. The molecular formula is C16H28N4O. The van der Waals surface area contributed by atoms with E-state index in [2.05, 4.69) is 27.3 Å². The van der Waals surface area contributed by atoms with E-state index < -0.39 is 0 Å². The van der Waals surface area contributed by atoms with Crippen molar-refractivity contribution in [1.82, 2.24) is 20.4 Å². The zero-order valence-electron chi connectivity index (χ0n) is 13.2.